The number of amides is 1. The Hall–Kier alpha value is -0.870. The van der Waals surface area contributed by atoms with E-state index in [1.165, 1.54) is 0 Å². The summed E-state index contributed by atoms with van der Waals surface area (Å²) in [4.78, 5) is 14.1. The second kappa shape index (κ2) is 5.46. The molecule has 0 aliphatic carbocycles. The van der Waals surface area contributed by atoms with Gasteiger partial charge in [-0.2, -0.15) is 11.3 Å². The molecule has 1 amide bonds. The SMILES string of the molecule is CNCC1CCCN1C(=O)Cc1ccsc1. The van der Waals surface area contributed by atoms with Gasteiger partial charge >= 0.3 is 0 Å². The summed E-state index contributed by atoms with van der Waals surface area (Å²) >= 11 is 1.65. The quantitative estimate of drug-likeness (QED) is 0.862. The minimum atomic E-state index is 0.274. The number of hydrogen-bond acceptors (Lipinski definition) is 3. The molecule has 0 saturated carbocycles. The molecule has 4 heteroatoms. The third kappa shape index (κ3) is 2.62. The monoisotopic (exact) mass is 238 g/mol. The van der Waals surface area contributed by atoms with Crippen molar-refractivity contribution in [2.45, 2.75) is 25.3 Å². The maximum Gasteiger partial charge on any atom is 0.227 e. The van der Waals surface area contributed by atoms with Crippen molar-refractivity contribution in [3.63, 3.8) is 0 Å². The van der Waals surface area contributed by atoms with Gasteiger partial charge in [-0.1, -0.05) is 0 Å². The van der Waals surface area contributed by atoms with Gasteiger partial charge in [-0.25, -0.2) is 0 Å². The van der Waals surface area contributed by atoms with Gasteiger partial charge in [-0.05, 0) is 42.3 Å². The van der Waals surface area contributed by atoms with Crippen molar-refractivity contribution in [1.29, 1.82) is 0 Å². The summed E-state index contributed by atoms with van der Waals surface area (Å²) in [5, 5.41) is 7.24. The first kappa shape index (κ1) is 11.6. The Morgan fingerprint density at radius 2 is 2.56 bits per heavy atom. The molecule has 0 bridgehead atoms. The molecular formula is C12H18N2OS. The molecule has 0 spiro atoms. The number of thiophene rings is 1. The van der Waals surface area contributed by atoms with Crippen LogP contribution in [0.25, 0.3) is 0 Å². The first-order valence-electron chi connectivity index (χ1n) is 5.76. The van der Waals surface area contributed by atoms with Crippen LogP contribution in [-0.2, 0) is 11.2 Å². The molecule has 1 aliphatic rings. The van der Waals surface area contributed by atoms with Gasteiger partial charge in [-0.15, -0.1) is 0 Å². The van der Waals surface area contributed by atoms with E-state index < -0.39 is 0 Å². The van der Waals surface area contributed by atoms with Crippen LogP contribution < -0.4 is 5.32 Å². The fraction of sp³-hybridized carbons (Fsp3) is 0.583. The number of carbonyl (C=O) groups is 1. The van der Waals surface area contributed by atoms with Crippen LogP contribution in [0.15, 0.2) is 16.8 Å². The summed E-state index contributed by atoms with van der Waals surface area (Å²) in [5.74, 6) is 0.274. The molecule has 1 N–H and O–H groups in total. The van der Waals surface area contributed by atoms with Crippen molar-refractivity contribution < 1.29 is 4.79 Å². The largest absolute Gasteiger partial charge is 0.338 e. The number of likely N-dealkylation sites (N-methyl/N-ethyl adjacent to an activating group) is 1. The molecule has 3 nitrogen and oxygen atoms in total. The molecule has 1 fully saturated rings. The Kier molecular flexibility index (Phi) is 3.96. The highest BCUT2D eigenvalue weighted by molar-refractivity contribution is 7.07. The van der Waals surface area contributed by atoms with Crippen LogP contribution in [0.3, 0.4) is 0 Å². The minimum Gasteiger partial charge on any atom is -0.338 e. The molecule has 2 rings (SSSR count). The van der Waals surface area contributed by atoms with Crippen molar-refractivity contribution >= 4 is 17.2 Å². The predicted molar refractivity (Wildman–Crippen MR) is 66.7 cm³/mol. The number of likely N-dealkylation sites (tertiary alicyclic amines) is 1. The Morgan fingerprint density at radius 1 is 1.69 bits per heavy atom. The highest BCUT2D eigenvalue weighted by Crippen LogP contribution is 2.18. The van der Waals surface area contributed by atoms with E-state index in [0.717, 1.165) is 31.5 Å². The number of rotatable bonds is 4. The van der Waals surface area contributed by atoms with Crippen LogP contribution >= 0.6 is 11.3 Å². The molecule has 0 aromatic carbocycles. The van der Waals surface area contributed by atoms with E-state index in [4.69, 9.17) is 0 Å². The minimum absolute atomic E-state index is 0.274. The summed E-state index contributed by atoms with van der Waals surface area (Å²) in [6.45, 7) is 1.84. The van der Waals surface area contributed by atoms with E-state index in [2.05, 4.69) is 10.7 Å². The Bertz CT molecular complexity index is 337. The molecule has 0 radical (unpaired) electrons. The summed E-state index contributed by atoms with van der Waals surface area (Å²) in [6.07, 6.45) is 2.83. The highest BCUT2D eigenvalue weighted by atomic mass is 32.1. The van der Waals surface area contributed by atoms with Crippen LogP contribution in [0.1, 0.15) is 18.4 Å². The molecule has 1 aromatic heterocycles. The maximum absolute atomic E-state index is 12.1. The summed E-state index contributed by atoms with van der Waals surface area (Å²) in [5.41, 5.74) is 1.14. The lowest BCUT2D eigenvalue weighted by atomic mass is 10.2. The third-order valence-electron chi connectivity index (χ3n) is 3.07. The van der Waals surface area contributed by atoms with Crippen molar-refractivity contribution in [1.82, 2.24) is 10.2 Å². The van der Waals surface area contributed by atoms with Crippen molar-refractivity contribution in [2.75, 3.05) is 20.1 Å². The van der Waals surface area contributed by atoms with Gasteiger partial charge in [0, 0.05) is 19.1 Å². The lowest BCUT2D eigenvalue weighted by molar-refractivity contribution is -0.131. The zero-order chi connectivity index (χ0) is 11.4. The molecule has 88 valence electrons. The predicted octanol–water partition coefficient (Wildman–Crippen LogP) is 1.50. The molecule has 2 heterocycles. The fourth-order valence-electron chi connectivity index (χ4n) is 2.28. The fourth-order valence-corrected chi connectivity index (χ4v) is 2.95. The van der Waals surface area contributed by atoms with Gasteiger partial charge < -0.3 is 10.2 Å². The highest BCUT2D eigenvalue weighted by Gasteiger charge is 2.27. The standard InChI is InChI=1S/C12H18N2OS/c1-13-8-11-3-2-5-14(11)12(15)7-10-4-6-16-9-10/h4,6,9,11,13H,2-3,5,7-8H2,1H3. The van der Waals surface area contributed by atoms with Crippen molar-refractivity contribution in [3.8, 4) is 0 Å². The van der Waals surface area contributed by atoms with Gasteiger partial charge in [0.2, 0.25) is 5.91 Å². The van der Waals surface area contributed by atoms with Gasteiger partial charge in [-0.3, -0.25) is 4.79 Å². The molecule has 1 saturated heterocycles. The van der Waals surface area contributed by atoms with Gasteiger partial charge in [0.15, 0.2) is 0 Å². The molecule has 1 atom stereocenters. The van der Waals surface area contributed by atoms with Crippen LogP contribution in [0, 0.1) is 0 Å². The van der Waals surface area contributed by atoms with Crippen LogP contribution in [0.2, 0.25) is 0 Å². The van der Waals surface area contributed by atoms with Crippen molar-refractivity contribution in [2.24, 2.45) is 0 Å². The normalized spacial score (nSPS) is 20.3. The van der Waals surface area contributed by atoms with Crippen LogP contribution in [0.4, 0.5) is 0 Å². The lowest BCUT2D eigenvalue weighted by Crippen LogP contribution is -2.41. The number of carbonyl (C=O) groups excluding carboxylic acids is 1. The third-order valence-corrected chi connectivity index (χ3v) is 3.80. The molecule has 1 aromatic rings. The Balaban J connectivity index is 1.93. The average Bonchev–Trinajstić information content (AvgIpc) is 2.89. The van der Waals surface area contributed by atoms with Gasteiger partial charge in [0.05, 0.1) is 6.42 Å². The van der Waals surface area contributed by atoms with Gasteiger partial charge in [0.25, 0.3) is 0 Å². The van der Waals surface area contributed by atoms with Gasteiger partial charge in [0.1, 0.15) is 0 Å². The molecule has 1 aliphatic heterocycles. The summed E-state index contributed by atoms with van der Waals surface area (Å²) in [7, 11) is 1.94. The average molecular weight is 238 g/mol. The topological polar surface area (TPSA) is 32.3 Å². The van der Waals surface area contributed by atoms with E-state index in [0.29, 0.717) is 12.5 Å². The smallest absolute Gasteiger partial charge is 0.227 e. The van der Waals surface area contributed by atoms with Crippen LogP contribution in [-0.4, -0.2) is 37.0 Å². The van der Waals surface area contributed by atoms with E-state index in [-0.39, 0.29) is 5.91 Å². The van der Waals surface area contributed by atoms with E-state index in [1.807, 2.05) is 23.4 Å². The zero-order valence-corrected chi connectivity index (χ0v) is 10.4. The van der Waals surface area contributed by atoms with E-state index in [1.54, 1.807) is 11.3 Å². The molecule has 1 unspecified atom stereocenters. The van der Waals surface area contributed by atoms with E-state index >= 15 is 0 Å². The van der Waals surface area contributed by atoms with E-state index in [9.17, 15) is 4.79 Å². The summed E-state index contributed by atoms with van der Waals surface area (Å²) < 4.78 is 0. The second-order valence-electron chi connectivity index (χ2n) is 4.25. The summed E-state index contributed by atoms with van der Waals surface area (Å²) in [6, 6.07) is 2.43. The van der Waals surface area contributed by atoms with Crippen LogP contribution in [0.5, 0.6) is 0 Å². The Labute approximate surface area is 100 Å². The molecular weight excluding hydrogens is 220 g/mol. The number of nitrogens with one attached hydrogen (secondary N) is 1. The lowest BCUT2D eigenvalue weighted by Gasteiger charge is -2.24. The number of nitrogens with zero attached hydrogens (tertiary/aromatic N) is 1. The van der Waals surface area contributed by atoms with Crippen molar-refractivity contribution in [3.05, 3.63) is 22.4 Å². The molecule has 16 heavy (non-hydrogen) atoms. The first-order valence-corrected chi connectivity index (χ1v) is 6.70. The zero-order valence-electron chi connectivity index (χ0n) is 9.61. The Morgan fingerprint density at radius 3 is 3.25 bits per heavy atom. The maximum atomic E-state index is 12.1. The number of hydrogen-bond donors (Lipinski definition) is 1. The second-order valence-corrected chi connectivity index (χ2v) is 5.03. The first-order chi connectivity index (χ1) is 7.81.